The summed E-state index contributed by atoms with van der Waals surface area (Å²) in [6.07, 6.45) is 0. The number of aliphatic imine (C=N–C) groups is 1. The molecule has 0 unspecified atom stereocenters. The highest BCUT2D eigenvalue weighted by Gasteiger charge is 2.18. The van der Waals surface area contributed by atoms with Crippen LogP contribution in [0.15, 0.2) is 29.3 Å². The number of rotatable bonds is 6. The lowest BCUT2D eigenvalue weighted by Crippen LogP contribution is -2.50. The minimum Gasteiger partial charge on any atom is -0.497 e. The van der Waals surface area contributed by atoms with Gasteiger partial charge < -0.3 is 19.9 Å². The maximum Gasteiger partial charge on any atom is 0.219 e. The van der Waals surface area contributed by atoms with Crippen LogP contribution in [0, 0.1) is 0 Å². The highest BCUT2D eigenvalue weighted by Crippen LogP contribution is 2.12. The molecule has 0 bridgehead atoms. The first-order valence-corrected chi connectivity index (χ1v) is 9.06. The molecule has 1 saturated heterocycles. The van der Waals surface area contributed by atoms with Crippen LogP contribution in [0.4, 0.5) is 0 Å². The molecule has 1 aliphatic heterocycles. The van der Waals surface area contributed by atoms with Gasteiger partial charge in [-0.05, 0) is 17.7 Å². The first kappa shape index (κ1) is 20.0. The molecule has 1 N–H and O–H groups in total. The minimum atomic E-state index is 0.170. The van der Waals surface area contributed by atoms with Gasteiger partial charge in [-0.25, -0.2) is 0 Å². The van der Waals surface area contributed by atoms with E-state index in [0.717, 1.165) is 57.5 Å². The molecule has 1 heterocycles. The van der Waals surface area contributed by atoms with Crippen molar-refractivity contribution in [3.8, 4) is 5.75 Å². The molecule has 0 saturated carbocycles. The third kappa shape index (κ3) is 5.91. The fourth-order valence-corrected chi connectivity index (χ4v) is 3.08. The van der Waals surface area contributed by atoms with Gasteiger partial charge in [-0.3, -0.25) is 14.7 Å². The van der Waals surface area contributed by atoms with Crippen LogP contribution in [0.25, 0.3) is 0 Å². The number of hydrogen-bond donors (Lipinski definition) is 1. The predicted octanol–water partition coefficient (Wildman–Crippen LogP) is 0.867. The molecular weight excluding hydrogens is 330 g/mol. The number of methoxy groups -OCH3 is 1. The number of amides is 1. The van der Waals surface area contributed by atoms with E-state index in [-0.39, 0.29) is 5.91 Å². The van der Waals surface area contributed by atoms with E-state index in [2.05, 4.69) is 32.2 Å². The second kappa shape index (κ2) is 10.0. The van der Waals surface area contributed by atoms with Crippen LogP contribution in [-0.4, -0.2) is 87.0 Å². The number of nitrogens with one attached hydrogen (secondary N) is 1. The molecule has 0 aromatic heterocycles. The van der Waals surface area contributed by atoms with E-state index in [0.29, 0.717) is 0 Å². The Morgan fingerprint density at radius 2 is 1.88 bits per heavy atom. The summed E-state index contributed by atoms with van der Waals surface area (Å²) in [6.45, 7) is 7.70. The van der Waals surface area contributed by atoms with Gasteiger partial charge >= 0.3 is 0 Å². The van der Waals surface area contributed by atoms with E-state index in [9.17, 15) is 4.79 Å². The Balaban J connectivity index is 1.73. The molecule has 7 heteroatoms. The molecule has 0 radical (unpaired) electrons. The average molecular weight is 361 g/mol. The number of guanidine groups is 1. The summed E-state index contributed by atoms with van der Waals surface area (Å²) >= 11 is 0. The second-order valence-electron chi connectivity index (χ2n) is 6.53. The molecule has 1 aromatic carbocycles. The Hall–Kier alpha value is -2.28. The topological polar surface area (TPSA) is 60.4 Å². The summed E-state index contributed by atoms with van der Waals surface area (Å²) in [5.74, 6) is 1.91. The molecule has 26 heavy (non-hydrogen) atoms. The van der Waals surface area contributed by atoms with Crippen LogP contribution in [0.2, 0.25) is 0 Å². The van der Waals surface area contributed by atoms with Gasteiger partial charge in [-0.1, -0.05) is 12.1 Å². The molecule has 7 nitrogen and oxygen atoms in total. The SMILES string of the molecule is CN=C(NCCN1CCN(C(C)=O)CC1)N(C)Cc1ccc(OC)cc1. The van der Waals surface area contributed by atoms with E-state index < -0.39 is 0 Å². The fraction of sp³-hybridized carbons (Fsp3) is 0.579. The van der Waals surface area contributed by atoms with Crippen molar-refractivity contribution in [1.29, 1.82) is 0 Å². The lowest BCUT2D eigenvalue weighted by atomic mass is 10.2. The monoisotopic (exact) mass is 361 g/mol. The van der Waals surface area contributed by atoms with Crippen LogP contribution in [0.5, 0.6) is 5.75 Å². The minimum absolute atomic E-state index is 0.170. The van der Waals surface area contributed by atoms with E-state index >= 15 is 0 Å². The number of piperazine rings is 1. The molecule has 1 aromatic rings. The average Bonchev–Trinajstić information content (AvgIpc) is 2.66. The van der Waals surface area contributed by atoms with Crippen molar-refractivity contribution in [2.75, 3.05) is 60.5 Å². The van der Waals surface area contributed by atoms with Crippen LogP contribution in [-0.2, 0) is 11.3 Å². The Bertz CT molecular complexity index is 594. The van der Waals surface area contributed by atoms with Gasteiger partial charge in [0.15, 0.2) is 5.96 Å². The van der Waals surface area contributed by atoms with Crippen LogP contribution < -0.4 is 10.1 Å². The van der Waals surface area contributed by atoms with Crippen LogP contribution in [0.3, 0.4) is 0 Å². The second-order valence-corrected chi connectivity index (χ2v) is 6.53. The molecule has 0 spiro atoms. The molecule has 1 fully saturated rings. The summed E-state index contributed by atoms with van der Waals surface area (Å²) in [7, 11) is 5.51. The van der Waals surface area contributed by atoms with Crippen LogP contribution in [0.1, 0.15) is 12.5 Å². The zero-order chi connectivity index (χ0) is 18.9. The van der Waals surface area contributed by atoms with Gasteiger partial charge in [0.1, 0.15) is 5.75 Å². The number of ether oxygens (including phenoxy) is 1. The predicted molar refractivity (Wildman–Crippen MR) is 105 cm³/mol. The third-order valence-corrected chi connectivity index (χ3v) is 4.68. The molecule has 2 rings (SSSR count). The highest BCUT2D eigenvalue weighted by atomic mass is 16.5. The van der Waals surface area contributed by atoms with Crippen molar-refractivity contribution in [3.63, 3.8) is 0 Å². The number of benzene rings is 1. The van der Waals surface area contributed by atoms with Gasteiger partial charge in [-0.2, -0.15) is 0 Å². The van der Waals surface area contributed by atoms with E-state index in [1.165, 1.54) is 5.56 Å². The molecule has 0 aliphatic carbocycles. The summed E-state index contributed by atoms with van der Waals surface area (Å²) < 4.78 is 5.20. The largest absolute Gasteiger partial charge is 0.497 e. The summed E-state index contributed by atoms with van der Waals surface area (Å²) in [5, 5.41) is 3.42. The summed E-state index contributed by atoms with van der Waals surface area (Å²) in [6, 6.07) is 8.08. The van der Waals surface area contributed by atoms with Gasteiger partial charge in [-0.15, -0.1) is 0 Å². The number of hydrogen-bond acceptors (Lipinski definition) is 4. The smallest absolute Gasteiger partial charge is 0.219 e. The first-order chi connectivity index (χ1) is 12.5. The lowest BCUT2D eigenvalue weighted by molar-refractivity contribution is -0.130. The number of carbonyl (C=O) groups excluding carboxylic acids is 1. The van der Waals surface area contributed by atoms with Crippen molar-refractivity contribution in [1.82, 2.24) is 20.0 Å². The zero-order valence-corrected chi connectivity index (χ0v) is 16.4. The number of nitrogens with zero attached hydrogens (tertiary/aromatic N) is 4. The Morgan fingerprint density at radius 3 is 2.42 bits per heavy atom. The Morgan fingerprint density at radius 1 is 1.23 bits per heavy atom. The van der Waals surface area contributed by atoms with E-state index in [4.69, 9.17) is 4.74 Å². The van der Waals surface area contributed by atoms with Crippen molar-refractivity contribution in [2.45, 2.75) is 13.5 Å². The maximum atomic E-state index is 11.4. The highest BCUT2D eigenvalue weighted by molar-refractivity contribution is 5.79. The van der Waals surface area contributed by atoms with Crippen molar-refractivity contribution in [3.05, 3.63) is 29.8 Å². The van der Waals surface area contributed by atoms with Crippen molar-refractivity contribution in [2.24, 2.45) is 4.99 Å². The maximum absolute atomic E-state index is 11.4. The van der Waals surface area contributed by atoms with Crippen molar-refractivity contribution >= 4 is 11.9 Å². The van der Waals surface area contributed by atoms with Gasteiger partial charge in [0.2, 0.25) is 5.91 Å². The standard InChI is InChI=1S/C19H31N5O2/c1-16(25)24-13-11-23(12-14-24)10-9-21-19(20-2)22(3)15-17-5-7-18(26-4)8-6-17/h5-8H,9-15H2,1-4H3,(H,20,21). The summed E-state index contributed by atoms with van der Waals surface area (Å²) in [5.41, 5.74) is 1.21. The fourth-order valence-electron chi connectivity index (χ4n) is 3.08. The first-order valence-electron chi connectivity index (χ1n) is 9.06. The van der Waals surface area contributed by atoms with Gasteiger partial charge in [0.25, 0.3) is 0 Å². The van der Waals surface area contributed by atoms with E-state index in [1.54, 1.807) is 21.1 Å². The van der Waals surface area contributed by atoms with E-state index in [1.807, 2.05) is 24.1 Å². The zero-order valence-electron chi connectivity index (χ0n) is 16.4. The molecular formula is C19H31N5O2. The van der Waals surface area contributed by atoms with Gasteiger partial charge in [0.05, 0.1) is 7.11 Å². The Labute approximate surface area is 156 Å². The molecule has 1 amide bonds. The molecule has 1 aliphatic rings. The molecule has 0 atom stereocenters. The van der Waals surface area contributed by atoms with Crippen molar-refractivity contribution < 1.29 is 9.53 Å². The quantitative estimate of drug-likeness (QED) is 0.602. The van der Waals surface area contributed by atoms with Gasteiger partial charge in [0, 0.05) is 66.8 Å². The van der Waals surface area contributed by atoms with Crippen LogP contribution >= 0.6 is 0 Å². The molecule has 144 valence electrons. The normalized spacial score (nSPS) is 15.7. The lowest BCUT2D eigenvalue weighted by Gasteiger charge is -2.34. The third-order valence-electron chi connectivity index (χ3n) is 4.68. The number of carbonyl (C=O) groups is 1. The summed E-state index contributed by atoms with van der Waals surface area (Å²) in [4.78, 5) is 22.1. The Kier molecular flexibility index (Phi) is 7.72.